The third-order valence-corrected chi connectivity index (χ3v) is 13.7. The molecule has 2 unspecified atom stereocenters. The zero-order chi connectivity index (χ0) is 45.8. The minimum absolute atomic E-state index is 0.0127. The Morgan fingerprint density at radius 2 is 0.651 bits per heavy atom. The fraction of sp³-hybridized carbons (Fsp3) is 0.965. The molecule has 3 N–H and O–H groups in total. The second-order valence-corrected chi connectivity index (χ2v) is 20.0. The van der Waals surface area contributed by atoms with E-state index in [9.17, 15) is 19.8 Å². The van der Waals surface area contributed by atoms with Crippen molar-refractivity contribution >= 4 is 11.9 Å². The highest BCUT2D eigenvalue weighted by molar-refractivity contribution is 5.76. The van der Waals surface area contributed by atoms with Gasteiger partial charge in [0.2, 0.25) is 5.91 Å². The van der Waals surface area contributed by atoms with Crippen LogP contribution in [-0.4, -0.2) is 47.4 Å². The number of nitrogens with one attached hydrogen (secondary N) is 1. The third-order valence-electron chi connectivity index (χ3n) is 13.7. The Kier molecular flexibility index (Phi) is 52.5. The van der Waals surface area contributed by atoms with Crippen molar-refractivity contribution < 1.29 is 24.5 Å². The van der Waals surface area contributed by atoms with Crippen molar-refractivity contribution in [1.29, 1.82) is 0 Å². The normalized spacial score (nSPS) is 12.5. The van der Waals surface area contributed by atoms with Crippen molar-refractivity contribution in [3.63, 3.8) is 0 Å². The van der Waals surface area contributed by atoms with Gasteiger partial charge in [-0.2, -0.15) is 0 Å². The van der Waals surface area contributed by atoms with E-state index in [-0.39, 0.29) is 18.5 Å². The van der Waals surface area contributed by atoms with E-state index < -0.39 is 12.1 Å². The summed E-state index contributed by atoms with van der Waals surface area (Å²) in [5.41, 5.74) is 0. The van der Waals surface area contributed by atoms with Crippen LogP contribution in [0.3, 0.4) is 0 Å². The minimum Gasteiger partial charge on any atom is -0.466 e. The molecule has 1 amide bonds. The lowest BCUT2D eigenvalue weighted by Crippen LogP contribution is -2.45. The number of aliphatic hydroxyl groups is 2. The number of hydrogen-bond acceptors (Lipinski definition) is 5. The van der Waals surface area contributed by atoms with Gasteiger partial charge >= 0.3 is 5.97 Å². The van der Waals surface area contributed by atoms with E-state index in [1.54, 1.807) is 0 Å². The number of carbonyl (C=O) groups is 2. The van der Waals surface area contributed by atoms with Crippen LogP contribution in [0, 0.1) is 0 Å². The Bertz CT molecular complexity index is 898. The van der Waals surface area contributed by atoms with Crippen molar-refractivity contribution in [2.24, 2.45) is 0 Å². The molecule has 0 radical (unpaired) electrons. The van der Waals surface area contributed by atoms with Crippen molar-refractivity contribution in [3.05, 3.63) is 0 Å². The average Bonchev–Trinajstić information content (AvgIpc) is 3.28. The molecule has 0 aromatic rings. The first-order valence-corrected chi connectivity index (χ1v) is 28.8. The minimum atomic E-state index is -0.663. The predicted octanol–water partition coefficient (Wildman–Crippen LogP) is 17.5. The van der Waals surface area contributed by atoms with Crippen LogP contribution in [0.5, 0.6) is 0 Å². The lowest BCUT2D eigenvalue weighted by molar-refractivity contribution is -0.143. The second kappa shape index (κ2) is 53.5. The molecule has 0 aliphatic carbocycles. The molecule has 0 heterocycles. The monoisotopic (exact) mass is 892 g/mol. The molecule has 0 saturated heterocycles. The van der Waals surface area contributed by atoms with Gasteiger partial charge in [0.25, 0.3) is 0 Å². The first-order chi connectivity index (χ1) is 31.0. The average molecular weight is 893 g/mol. The SMILES string of the molecule is CCCCCCCCCCCCCCCCCC(=O)OCCCCCCCCCCCCCCCCCCCCCC(=O)NC(CO)C(O)CCCCCCCCCCCCCC. The molecule has 0 aromatic carbocycles. The number of aliphatic hydroxyl groups excluding tert-OH is 2. The maximum absolute atomic E-state index is 12.4. The summed E-state index contributed by atoms with van der Waals surface area (Å²) in [5, 5.41) is 23.2. The van der Waals surface area contributed by atoms with Gasteiger partial charge in [0.15, 0.2) is 0 Å². The Morgan fingerprint density at radius 1 is 0.381 bits per heavy atom. The highest BCUT2D eigenvalue weighted by Crippen LogP contribution is 2.18. The van der Waals surface area contributed by atoms with E-state index in [0.29, 0.717) is 25.9 Å². The van der Waals surface area contributed by atoms with E-state index in [1.807, 2.05) is 0 Å². The molecule has 2 atom stereocenters. The van der Waals surface area contributed by atoms with Crippen LogP contribution < -0.4 is 5.32 Å². The Labute approximate surface area is 394 Å². The summed E-state index contributed by atoms with van der Waals surface area (Å²) in [5.74, 6) is -0.0238. The van der Waals surface area contributed by atoms with Crippen molar-refractivity contribution in [2.75, 3.05) is 13.2 Å². The number of carbonyl (C=O) groups excluding carboxylic acids is 2. The largest absolute Gasteiger partial charge is 0.466 e. The standard InChI is InChI=1S/C57H113NO5/c1-3-5-7-9-11-13-15-17-23-27-31-35-39-43-47-51-57(62)63-52-48-44-40-36-32-28-25-22-20-18-19-21-24-26-30-34-38-42-46-50-56(61)58-54(53-59)55(60)49-45-41-37-33-29-16-14-12-10-8-6-4-2/h54-55,59-60H,3-53H2,1-2H3,(H,58,61). The maximum Gasteiger partial charge on any atom is 0.305 e. The predicted molar refractivity (Wildman–Crippen MR) is 274 cm³/mol. The van der Waals surface area contributed by atoms with E-state index in [1.165, 1.54) is 257 Å². The molecule has 0 rings (SSSR count). The highest BCUT2D eigenvalue weighted by atomic mass is 16.5. The Morgan fingerprint density at radius 3 is 0.968 bits per heavy atom. The summed E-state index contributed by atoms with van der Waals surface area (Å²) in [6.45, 7) is 4.96. The Hall–Kier alpha value is -1.14. The van der Waals surface area contributed by atoms with Gasteiger partial charge in [-0.3, -0.25) is 9.59 Å². The molecular formula is C57H113NO5. The zero-order valence-corrected chi connectivity index (χ0v) is 42.8. The van der Waals surface area contributed by atoms with Crippen LogP contribution in [0.15, 0.2) is 0 Å². The van der Waals surface area contributed by atoms with Crippen LogP contribution in [0.1, 0.15) is 328 Å². The highest BCUT2D eigenvalue weighted by Gasteiger charge is 2.20. The molecule has 0 saturated carbocycles. The molecule has 0 bridgehead atoms. The molecular weight excluding hydrogens is 779 g/mol. The van der Waals surface area contributed by atoms with Gasteiger partial charge in [0, 0.05) is 12.8 Å². The number of ether oxygens (including phenoxy) is 1. The van der Waals surface area contributed by atoms with Crippen molar-refractivity contribution in [2.45, 2.75) is 341 Å². The van der Waals surface area contributed by atoms with Gasteiger partial charge in [-0.15, -0.1) is 0 Å². The quantitative estimate of drug-likeness (QED) is 0.0418. The van der Waals surface area contributed by atoms with Gasteiger partial charge < -0.3 is 20.3 Å². The second-order valence-electron chi connectivity index (χ2n) is 20.0. The molecule has 376 valence electrons. The topological polar surface area (TPSA) is 95.9 Å². The summed E-state index contributed by atoms with van der Waals surface area (Å²) in [6.07, 6.45) is 60.9. The summed E-state index contributed by atoms with van der Waals surface area (Å²) >= 11 is 0. The fourth-order valence-corrected chi connectivity index (χ4v) is 9.23. The summed E-state index contributed by atoms with van der Waals surface area (Å²) in [6, 6.07) is -0.541. The number of hydrogen-bond donors (Lipinski definition) is 3. The van der Waals surface area contributed by atoms with E-state index in [4.69, 9.17) is 4.74 Å². The lowest BCUT2D eigenvalue weighted by atomic mass is 10.0. The first-order valence-electron chi connectivity index (χ1n) is 28.8. The molecule has 6 heteroatoms. The number of unbranched alkanes of at least 4 members (excludes halogenated alkanes) is 43. The van der Waals surface area contributed by atoms with Gasteiger partial charge in [-0.05, 0) is 25.7 Å². The van der Waals surface area contributed by atoms with E-state index in [0.717, 1.165) is 38.5 Å². The first kappa shape index (κ1) is 61.9. The molecule has 0 fully saturated rings. The number of amides is 1. The number of esters is 1. The lowest BCUT2D eigenvalue weighted by Gasteiger charge is -2.22. The number of rotatable bonds is 54. The van der Waals surface area contributed by atoms with Crippen LogP contribution in [0.25, 0.3) is 0 Å². The van der Waals surface area contributed by atoms with Gasteiger partial charge in [0.1, 0.15) is 0 Å². The van der Waals surface area contributed by atoms with Crippen LogP contribution in [0.2, 0.25) is 0 Å². The molecule has 0 spiro atoms. The van der Waals surface area contributed by atoms with Crippen molar-refractivity contribution in [1.82, 2.24) is 5.32 Å². The fourth-order valence-electron chi connectivity index (χ4n) is 9.23. The summed E-state index contributed by atoms with van der Waals surface area (Å²) in [4.78, 5) is 24.5. The Balaban J connectivity index is 3.36. The van der Waals surface area contributed by atoms with Gasteiger partial charge in [0.05, 0.1) is 25.4 Å². The smallest absolute Gasteiger partial charge is 0.305 e. The molecule has 63 heavy (non-hydrogen) atoms. The van der Waals surface area contributed by atoms with Crippen molar-refractivity contribution in [3.8, 4) is 0 Å². The maximum atomic E-state index is 12.4. The van der Waals surface area contributed by atoms with Crippen LogP contribution >= 0.6 is 0 Å². The molecule has 6 nitrogen and oxygen atoms in total. The van der Waals surface area contributed by atoms with Crippen LogP contribution in [-0.2, 0) is 14.3 Å². The summed E-state index contributed by atoms with van der Waals surface area (Å²) < 4.78 is 5.48. The molecule has 0 aliphatic heterocycles. The third kappa shape index (κ3) is 50.1. The zero-order valence-electron chi connectivity index (χ0n) is 42.8. The van der Waals surface area contributed by atoms with Gasteiger partial charge in [-0.25, -0.2) is 0 Å². The summed E-state index contributed by atoms with van der Waals surface area (Å²) in [7, 11) is 0. The molecule has 0 aliphatic rings. The van der Waals surface area contributed by atoms with Gasteiger partial charge in [-0.1, -0.05) is 290 Å². The van der Waals surface area contributed by atoms with Crippen LogP contribution in [0.4, 0.5) is 0 Å². The van der Waals surface area contributed by atoms with E-state index >= 15 is 0 Å². The van der Waals surface area contributed by atoms with E-state index in [2.05, 4.69) is 19.2 Å². The molecule has 0 aromatic heterocycles.